The second-order valence-corrected chi connectivity index (χ2v) is 3.34. The first-order valence-electron chi connectivity index (χ1n) is 5.11. The molecule has 0 saturated carbocycles. The van der Waals surface area contributed by atoms with Crippen LogP contribution in [0.15, 0.2) is 18.2 Å². The highest BCUT2D eigenvalue weighted by Crippen LogP contribution is 2.37. The van der Waals surface area contributed by atoms with E-state index in [1.807, 2.05) is 0 Å². The maximum Gasteiger partial charge on any atom is 0.573 e. The Morgan fingerprint density at radius 2 is 1.95 bits per heavy atom. The minimum absolute atomic E-state index is 0.105. The molecule has 0 aromatic heterocycles. The number of carbonyl (C=O) groups excluding carboxylic acids is 1. The Labute approximate surface area is 104 Å². The fourth-order valence-electron chi connectivity index (χ4n) is 1.34. The van der Waals surface area contributed by atoms with Gasteiger partial charge in [-0.3, -0.25) is 4.79 Å². The second kappa shape index (κ2) is 5.85. The average Bonchev–Trinajstić information content (AvgIpc) is 2.28. The number of alkyl halides is 5. The van der Waals surface area contributed by atoms with Crippen LogP contribution >= 0.6 is 0 Å². The van der Waals surface area contributed by atoms with E-state index in [0.29, 0.717) is 0 Å². The lowest BCUT2D eigenvalue weighted by Crippen LogP contribution is -2.20. The molecule has 3 nitrogen and oxygen atoms in total. The van der Waals surface area contributed by atoms with Crippen molar-refractivity contribution in [2.45, 2.75) is 26.3 Å². The predicted molar refractivity (Wildman–Crippen MR) is 54.4 cm³/mol. The third-order valence-corrected chi connectivity index (χ3v) is 2.03. The zero-order chi connectivity index (χ0) is 14.6. The number of carbonyl (C=O) groups is 1. The van der Waals surface area contributed by atoms with Crippen LogP contribution in [0.25, 0.3) is 0 Å². The third kappa shape index (κ3) is 4.38. The minimum Gasteiger partial charge on any atom is -0.431 e. The molecule has 106 valence electrons. The molecule has 0 aliphatic heterocycles. The number of para-hydroxylation sites is 1. The number of Topliss-reactive ketones (excluding diaryl/α,β-unsaturated/α-hetero) is 1. The summed E-state index contributed by atoms with van der Waals surface area (Å²) in [4.78, 5) is 11.5. The number of ketones is 1. The Hall–Kier alpha value is -1.86. The summed E-state index contributed by atoms with van der Waals surface area (Å²) in [6, 6.07) is 3.04. The number of rotatable bonds is 5. The fourth-order valence-corrected chi connectivity index (χ4v) is 1.34. The molecule has 19 heavy (non-hydrogen) atoms. The quantitative estimate of drug-likeness (QED) is 0.609. The smallest absolute Gasteiger partial charge is 0.431 e. The third-order valence-electron chi connectivity index (χ3n) is 2.03. The Bertz CT molecular complexity index is 456. The monoisotopic (exact) mass is 284 g/mol. The van der Waals surface area contributed by atoms with Gasteiger partial charge in [0, 0.05) is 6.42 Å². The number of ether oxygens (including phenoxy) is 2. The Kier molecular flexibility index (Phi) is 4.68. The molecule has 0 N–H and O–H groups in total. The molecular weight excluding hydrogens is 275 g/mol. The van der Waals surface area contributed by atoms with Crippen molar-refractivity contribution < 1.29 is 36.2 Å². The molecule has 8 heteroatoms. The lowest BCUT2D eigenvalue weighted by Gasteiger charge is -2.16. The highest BCUT2D eigenvalue weighted by Gasteiger charge is 2.35. The summed E-state index contributed by atoms with van der Waals surface area (Å²) in [5, 5.41) is 0. The maximum atomic E-state index is 12.2. The number of halogens is 5. The summed E-state index contributed by atoms with van der Waals surface area (Å²) in [6.07, 6.45) is -5.23. The highest BCUT2D eigenvalue weighted by molar-refractivity contribution is 5.99. The van der Waals surface area contributed by atoms with Gasteiger partial charge in [-0.25, -0.2) is 0 Å². The van der Waals surface area contributed by atoms with Gasteiger partial charge in [-0.15, -0.1) is 13.2 Å². The van der Waals surface area contributed by atoms with Crippen molar-refractivity contribution in [2.75, 3.05) is 0 Å². The fraction of sp³-hybridized carbons (Fsp3) is 0.364. The summed E-state index contributed by atoms with van der Waals surface area (Å²) in [5.74, 6) is -2.58. The summed E-state index contributed by atoms with van der Waals surface area (Å²) < 4.78 is 68.4. The molecule has 0 spiro atoms. The Balaban J connectivity index is 3.27. The van der Waals surface area contributed by atoms with Gasteiger partial charge in [-0.2, -0.15) is 8.78 Å². The summed E-state index contributed by atoms with van der Waals surface area (Å²) >= 11 is 0. The van der Waals surface area contributed by atoms with Crippen LogP contribution in [0.5, 0.6) is 11.5 Å². The van der Waals surface area contributed by atoms with Crippen LogP contribution in [0.2, 0.25) is 0 Å². The number of hydrogen-bond acceptors (Lipinski definition) is 3. The first kappa shape index (κ1) is 15.2. The van der Waals surface area contributed by atoms with Crippen molar-refractivity contribution in [1.82, 2.24) is 0 Å². The van der Waals surface area contributed by atoms with Crippen molar-refractivity contribution >= 4 is 5.78 Å². The number of benzene rings is 1. The lowest BCUT2D eigenvalue weighted by molar-refractivity contribution is -0.275. The molecular formula is C11H9F5O3. The Morgan fingerprint density at radius 1 is 1.32 bits per heavy atom. The second-order valence-electron chi connectivity index (χ2n) is 3.34. The topological polar surface area (TPSA) is 35.5 Å². The van der Waals surface area contributed by atoms with Gasteiger partial charge in [0.25, 0.3) is 0 Å². The molecule has 1 aromatic rings. The van der Waals surface area contributed by atoms with E-state index in [9.17, 15) is 26.7 Å². The van der Waals surface area contributed by atoms with E-state index in [1.54, 1.807) is 0 Å². The Morgan fingerprint density at radius 3 is 2.42 bits per heavy atom. The summed E-state index contributed by atoms with van der Waals surface area (Å²) in [5.41, 5.74) is -0.460. The van der Waals surface area contributed by atoms with Gasteiger partial charge >= 0.3 is 13.0 Å². The van der Waals surface area contributed by atoms with E-state index >= 15 is 0 Å². The first-order chi connectivity index (χ1) is 8.74. The SMILES string of the molecule is CCC(=O)c1cccc(OC(F)F)c1OC(F)(F)F. The molecule has 0 unspecified atom stereocenters. The highest BCUT2D eigenvalue weighted by atomic mass is 19.4. The van der Waals surface area contributed by atoms with Crippen molar-refractivity contribution in [3.63, 3.8) is 0 Å². The van der Waals surface area contributed by atoms with Gasteiger partial charge < -0.3 is 9.47 Å². The molecule has 0 saturated heterocycles. The van der Waals surface area contributed by atoms with E-state index in [2.05, 4.69) is 9.47 Å². The lowest BCUT2D eigenvalue weighted by atomic mass is 10.1. The van der Waals surface area contributed by atoms with Crippen molar-refractivity contribution in [2.24, 2.45) is 0 Å². The molecule has 0 atom stereocenters. The summed E-state index contributed by atoms with van der Waals surface area (Å²) in [7, 11) is 0. The van der Waals surface area contributed by atoms with E-state index in [4.69, 9.17) is 0 Å². The molecule has 1 rings (SSSR count). The standard InChI is InChI=1S/C11H9F5O3/c1-2-7(17)6-4-3-5-8(18-10(12)13)9(6)19-11(14,15)16/h3-5,10H,2H2,1H3. The van der Waals surface area contributed by atoms with Crippen LogP contribution in [0.1, 0.15) is 23.7 Å². The van der Waals surface area contributed by atoms with Gasteiger partial charge in [0.05, 0.1) is 5.56 Å². The molecule has 0 amide bonds. The van der Waals surface area contributed by atoms with Crippen molar-refractivity contribution in [3.05, 3.63) is 23.8 Å². The van der Waals surface area contributed by atoms with Crippen LogP contribution in [-0.4, -0.2) is 18.8 Å². The van der Waals surface area contributed by atoms with Crippen LogP contribution < -0.4 is 9.47 Å². The maximum absolute atomic E-state index is 12.2. The molecule has 0 heterocycles. The van der Waals surface area contributed by atoms with Crippen LogP contribution in [0.4, 0.5) is 22.0 Å². The van der Waals surface area contributed by atoms with Crippen LogP contribution in [-0.2, 0) is 0 Å². The van der Waals surface area contributed by atoms with Gasteiger partial charge in [-0.05, 0) is 12.1 Å². The molecule has 1 aromatic carbocycles. The zero-order valence-corrected chi connectivity index (χ0v) is 9.63. The van der Waals surface area contributed by atoms with Crippen molar-refractivity contribution in [3.8, 4) is 11.5 Å². The molecule has 0 aliphatic carbocycles. The molecule has 0 radical (unpaired) electrons. The average molecular weight is 284 g/mol. The predicted octanol–water partition coefficient (Wildman–Crippen LogP) is 3.78. The van der Waals surface area contributed by atoms with E-state index in [1.165, 1.54) is 6.92 Å². The largest absolute Gasteiger partial charge is 0.573 e. The van der Waals surface area contributed by atoms with E-state index in [-0.39, 0.29) is 6.42 Å². The van der Waals surface area contributed by atoms with E-state index in [0.717, 1.165) is 18.2 Å². The minimum atomic E-state index is -5.12. The number of hydrogen-bond donors (Lipinski definition) is 0. The van der Waals surface area contributed by atoms with Gasteiger partial charge in [0.2, 0.25) is 0 Å². The normalized spacial score (nSPS) is 11.5. The molecule has 0 bridgehead atoms. The first-order valence-corrected chi connectivity index (χ1v) is 5.11. The molecule has 0 aliphatic rings. The van der Waals surface area contributed by atoms with Gasteiger partial charge in [0.15, 0.2) is 17.3 Å². The van der Waals surface area contributed by atoms with Crippen molar-refractivity contribution in [1.29, 1.82) is 0 Å². The van der Waals surface area contributed by atoms with Crippen LogP contribution in [0, 0.1) is 0 Å². The van der Waals surface area contributed by atoms with Gasteiger partial charge in [-0.1, -0.05) is 13.0 Å². The van der Waals surface area contributed by atoms with E-state index < -0.39 is 35.8 Å². The summed E-state index contributed by atoms with van der Waals surface area (Å²) in [6.45, 7) is -1.91. The zero-order valence-electron chi connectivity index (χ0n) is 9.63. The van der Waals surface area contributed by atoms with Gasteiger partial charge in [0.1, 0.15) is 0 Å². The van der Waals surface area contributed by atoms with Crippen LogP contribution in [0.3, 0.4) is 0 Å². The molecule has 0 fully saturated rings.